The molecule has 2 aromatic rings. The van der Waals surface area contributed by atoms with Gasteiger partial charge in [0.05, 0.1) is 11.9 Å². The van der Waals surface area contributed by atoms with E-state index in [-0.39, 0.29) is 0 Å². The van der Waals surface area contributed by atoms with E-state index in [2.05, 4.69) is 25.3 Å². The summed E-state index contributed by atoms with van der Waals surface area (Å²) in [5.41, 5.74) is 4.13. The van der Waals surface area contributed by atoms with Crippen LogP contribution in [0.5, 0.6) is 0 Å². The van der Waals surface area contributed by atoms with E-state index in [9.17, 15) is 0 Å². The monoisotopic (exact) mass is 227 g/mol. The van der Waals surface area contributed by atoms with E-state index in [4.69, 9.17) is 0 Å². The van der Waals surface area contributed by atoms with Crippen LogP contribution >= 0.6 is 0 Å². The van der Waals surface area contributed by atoms with Crippen molar-refractivity contribution in [3.05, 3.63) is 35.5 Å². The number of aryl methyl sites for hydroxylation is 1. The third-order valence-electron chi connectivity index (χ3n) is 2.93. The summed E-state index contributed by atoms with van der Waals surface area (Å²) in [6.07, 6.45) is 5.96. The summed E-state index contributed by atoms with van der Waals surface area (Å²) in [6.45, 7) is 3.86. The zero-order chi connectivity index (χ0) is 11.7. The number of nitrogens with one attached hydrogen (secondary N) is 1. The molecular formula is C12H13N5. The predicted molar refractivity (Wildman–Crippen MR) is 63.2 cm³/mol. The second-order valence-electron chi connectivity index (χ2n) is 4.08. The second-order valence-corrected chi connectivity index (χ2v) is 4.08. The molecule has 0 radical (unpaired) electrons. The van der Waals surface area contributed by atoms with Crippen molar-refractivity contribution in [3.8, 4) is 11.5 Å². The summed E-state index contributed by atoms with van der Waals surface area (Å²) in [5, 5.41) is 3.33. The van der Waals surface area contributed by atoms with Crippen molar-refractivity contribution in [2.45, 2.75) is 19.9 Å². The molecule has 17 heavy (non-hydrogen) atoms. The molecule has 2 aromatic heterocycles. The van der Waals surface area contributed by atoms with E-state index in [1.807, 2.05) is 6.92 Å². The molecule has 5 heteroatoms. The van der Waals surface area contributed by atoms with Crippen molar-refractivity contribution in [3.63, 3.8) is 0 Å². The molecule has 0 fully saturated rings. The molecule has 0 aromatic carbocycles. The Morgan fingerprint density at radius 2 is 2.18 bits per heavy atom. The van der Waals surface area contributed by atoms with E-state index in [0.29, 0.717) is 5.82 Å². The van der Waals surface area contributed by atoms with Crippen molar-refractivity contribution in [1.82, 2.24) is 25.3 Å². The highest BCUT2D eigenvalue weighted by Crippen LogP contribution is 2.19. The first-order chi connectivity index (χ1) is 8.34. The number of hydrogen-bond acceptors (Lipinski definition) is 5. The molecule has 1 aliphatic rings. The van der Waals surface area contributed by atoms with Crippen LogP contribution in [-0.4, -0.2) is 26.5 Å². The largest absolute Gasteiger partial charge is 0.312 e. The van der Waals surface area contributed by atoms with Gasteiger partial charge in [0.2, 0.25) is 0 Å². The number of nitrogens with zero attached hydrogens (tertiary/aromatic N) is 4. The Morgan fingerprint density at radius 1 is 1.24 bits per heavy atom. The van der Waals surface area contributed by atoms with Crippen LogP contribution in [0.3, 0.4) is 0 Å². The lowest BCUT2D eigenvalue weighted by molar-refractivity contribution is 0.621. The Morgan fingerprint density at radius 3 is 3.00 bits per heavy atom. The summed E-state index contributed by atoms with van der Waals surface area (Å²) >= 11 is 0. The molecule has 86 valence electrons. The molecule has 0 atom stereocenters. The van der Waals surface area contributed by atoms with Gasteiger partial charge >= 0.3 is 0 Å². The van der Waals surface area contributed by atoms with Gasteiger partial charge in [-0.25, -0.2) is 15.0 Å². The molecule has 0 saturated heterocycles. The quantitative estimate of drug-likeness (QED) is 0.783. The van der Waals surface area contributed by atoms with Crippen LogP contribution < -0.4 is 5.32 Å². The zero-order valence-electron chi connectivity index (χ0n) is 9.64. The number of hydrogen-bond donors (Lipinski definition) is 1. The number of fused-ring (bicyclic) bond motifs is 1. The molecule has 1 N–H and O–H groups in total. The van der Waals surface area contributed by atoms with Crippen molar-refractivity contribution in [2.75, 3.05) is 6.54 Å². The second kappa shape index (κ2) is 4.18. The third-order valence-corrected chi connectivity index (χ3v) is 2.93. The molecular weight excluding hydrogens is 214 g/mol. The van der Waals surface area contributed by atoms with E-state index in [1.165, 1.54) is 5.56 Å². The summed E-state index contributed by atoms with van der Waals surface area (Å²) in [6, 6.07) is 0. The van der Waals surface area contributed by atoms with Crippen LogP contribution in [0.15, 0.2) is 18.6 Å². The third kappa shape index (κ3) is 1.89. The van der Waals surface area contributed by atoms with Crippen LogP contribution in [-0.2, 0) is 13.0 Å². The van der Waals surface area contributed by atoms with Crippen LogP contribution in [0.2, 0.25) is 0 Å². The highest BCUT2D eigenvalue weighted by molar-refractivity contribution is 5.49. The van der Waals surface area contributed by atoms with Gasteiger partial charge in [0, 0.05) is 43.2 Å². The molecule has 0 bridgehead atoms. The molecule has 0 unspecified atom stereocenters. The van der Waals surface area contributed by atoms with Gasteiger partial charge in [-0.2, -0.15) is 0 Å². The Hall–Kier alpha value is -1.88. The van der Waals surface area contributed by atoms with Gasteiger partial charge < -0.3 is 5.32 Å². The molecule has 0 aliphatic carbocycles. The fourth-order valence-corrected chi connectivity index (χ4v) is 2.04. The predicted octanol–water partition coefficient (Wildman–Crippen LogP) is 0.888. The fraction of sp³-hybridized carbons (Fsp3) is 0.333. The normalized spacial score (nSPS) is 14.4. The van der Waals surface area contributed by atoms with E-state index >= 15 is 0 Å². The lowest BCUT2D eigenvalue weighted by atomic mass is 10.1. The topological polar surface area (TPSA) is 63.6 Å². The van der Waals surface area contributed by atoms with Crippen molar-refractivity contribution >= 4 is 0 Å². The van der Waals surface area contributed by atoms with Crippen LogP contribution in [0.25, 0.3) is 11.5 Å². The summed E-state index contributed by atoms with van der Waals surface area (Å²) in [7, 11) is 0. The Kier molecular flexibility index (Phi) is 2.53. The maximum Gasteiger partial charge on any atom is 0.180 e. The van der Waals surface area contributed by atoms with Gasteiger partial charge in [-0.15, -0.1) is 0 Å². The van der Waals surface area contributed by atoms with Gasteiger partial charge in [-0.1, -0.05) is 0 Å². The van der Waals surface area contributed by atoms with E-state index < -0.39 is 0 Å². The molecule has 1 aliphatic heterocycles. The maximum atomic E-state index is 4.59. The van der Waals surface area contributed by atoms with E-state index in [0.717, 1.165) is 36.6 Å². The number of rotatable bonds is 1. The minimum Gasteiger partial charge on any atom is -0.312 e. The summed E-state index contributed by atoms with van der Waals surface area (Å²) in [5.74, 6) is 0.677. The smallest absolute Gasteiger partial charge is 0.180 e. The van der Waals surface area contributed by atoms with Gasteiger partial charge in [0.15, 0.2) is 5.82 Å². The Labute approximate surface area is 99.4 Å². The fourth-order valence-electron chi connectivity index (χ4n) is 2.04. The lowest BCUT2D eigenvalue weighted by Crippen LogP contribution is -2.26. The summed E-state index contributed by atoms with van der Waals surface area (Å²) < 4.78 is 0. The lowest BCUT2D eigenvalue weighted by Gasteiger charge is -2.18. The van der Waals surface area contributed by atoms with Crippen LogP contribution in [0.1, 0.15) is 17.0 Å². The average Bonchev–Trinajstić information content (AvgIpc) is 2.40. The first-order valence-corrected chi connectivity index (χ1v) is 5.68. The standard InChI is InChI=1S/C12H13N5/c1-8-9-6-13-3-2-10(9)17-12(16-8)11-7-14-4-5-15-11/h4-5,7,13H,2-3,6H2,1H3. The zero-order valence-corrected chi connectivity index (χ0v) is 9.64. The number of aromatic nitrogens is 4. The van der Waals surface area contributed by atoms with Gasteiger partial charge in [-0.05, 0) is 6.92 Å². The van der Waals surface area contributed by atoms with Crippen molar-refractivity contribution in [1.29, 1.82) is 0 Å². The summed E-state index contributed by atoms with van der Waals surface area (Å²) in [4.78, 5) is 17.4. The Balaban J connectivity index is 2.11. The van der Waals surface area contributed by atoms with Crippen LogP contribution in [0, 0.1) is 6.92 Å². The Bertz CT molecular complexity index is 538. The minimum atomic E-state index is 0.677. The van der Waals surface area contributed by atoms with Gasteiger partial charge in [0.25, 0.3) is 0 Å². The first-order valence-electron chi connectivity index (χ1n) is 5.68. The SMILES string of the molecule is Cc1nc(-c2cnccn2)nc2c1CNCC2. The molecule has 5 nitrogen and oxygen atoms in total. The van der Waals surface area contributed by atoms with Crippen molar-refractivity contribution < 1.29 is 0 Å². The highest BCUT2D eigenvalue weighted by atomic mass is 15.0. The molecule has 3 rings (SSSR count). The highest BCUT2D eigenvalue weighted by Gasteiger charge is 2.16. The first kappa shape index (κ1) is 10.3. The van der Waals surface area contributed by atoms with Gasteiger partial charge in [-0.3, -0.25) is 4.98 Å². The molecule has 0 spiro atoms. The van der Waals surface area contributed by atoms with Crippen molar-refractivity contribution in [2.24, 2.45) is 0 Å². The molecule has 0 saturated carbocycles. The minimum absolute atomic E-state index is 0.677. The average molecular weight is 227 g/mol. The van der Waals surface area contributed by atoms with Crippen LogP contribution in [0.4, 0.5) is 0 Å². The van der Waals surface area contributed by atoms with E-state index in [1.54, 1.807) is 18.6 Å². The molecule has 3 heterocycles. The maximum absolute atomic E-state index is 4.59. The van der Waals surface area contributed by atoms with Gasteiger partial charge in [0.1, 0.15) is 5.69 Å². The molecule has 0 amide bonds.